The number of thiophene rings is 1. The largest absolute Gasteiger partial charge is 0.456 e. The fourth-order valence-electron chi connectivity index (χ4n) is 9.12. The van der Waals surface area contributed by atoms with Crippen molar-refractivity contribution in [2.45, 2.75) is 0 Å². The number of furan rings is 1. The molecule has 9 aromatic carbocycles. The van der Waals surface area contributed by atoms with Gasteiger partial charge in [0.05, 0.1) is 22.4 Å². The van der Waals surface area contributed by atoms with Crippen molar-refractivity contribution in [3.05, 3.63) is 206 Å². The normalized spacial score (nSPS) is 11.8. The number of hydrogen-bond donors (Lipinski definition) is 0. The van der Waals surface area contributed by atoms with E-state index in [0.29, 0.717) is 0 Å². The summed E-state index contributed by atoms with van der Waals surface area (Å²) >= 11 is 1.88. The lowest BCUT2D eigenvalue weighted by Crippen LogP contribution is -2.12. The van der Waals surface area contributed by atoms with Crippen LogP contribution < -0.4 is 4.90 Å². The van der Waals surface area contributed by atoms with Gasteiger partial charge >= 0.3 is 0 Å². The van der Waals surface area contributed by atoms with E-state index in [9.17, 15) is 0 Å². The lowest BCUT2D eigenvalue weighted by molar-refractivity contribution is 0.669. The highest BCUT2D eigenvalue weighted by Gasteiger charge is 2.25. The van der Waals surface area contributed by atoms with Crippen LogP contribution in [0.25, 0.3) is 91.9 Å². The number of aromatic nitrogens is 1. The molecule has 0 unspecified atom stereocenters. The Morgan fingerprint density at radius 2 is 1.05 bits per heavy atom. The molecule has 0 amide bonds. The van der Waals surface area contributed by atoms with Crippen molar-refractivity contribution in [1.29, 1.82) is 0 Å². The molecule has 0 aliphatic rings. The fourth-order valence-corrected chi connectivity index (χ4v) is 10.4. The maximum Gasteiger partial charge on any atom is 0.136 e. The second-order valence-corrected chi connectivity index (χ2v) is 15.9. The van der Waals surface area contributed by atoms with Crippen molar-refractivity contribution in [2.75, 3.05) is 4.90 Å². The van der Waals surface area contributed by atoms with Gasteiger partial charge in [0, 0.05) is 64.2 Å². The van der Waals surface area contributed by atoms with E-state index >= 15 is 0 Å². The van der Waals surface area contributed by atoms with E-state index in [4.69, 9.17) is 4.42 Å². The maximum atomic E-state index is 6.35. The number of benzene rings is 9. The summed E-state index contributed by atoms with van der Waals surface area (Å²) in [5.74, 6) is 0. The molecule has 3 aromatic heterocycles. The van der Waals surface area contributed by atoms with Crippen molar-refractivity contribution in [3.63, 3.8) is 0 Å². The highest BCUT2D eigenvalue weighted by molar-refractivity contribution is 7.26. The van der Waals surface area contributed by atoms with Gasteiger partial charge in [-0.3, -0.25) is 0 Å². The molecule has 3 nitrogen and oxygen atoms in total. The first kappa shape index (κ1) is 32.8. The quantitative estimate of drug-likeness (QED) is 0.168. The summed E-state index contributed by atoms with van der Waals surface area (Å²) < 4.78 is 11.3. The van der Waals surface area contributed by atoms with Crippen molar-refractivity contribution >= 4 is 92.3 Å². The molecule has 0 radical (unpaired) electrons. The molecule has 12 aromatic rings. The highest BCUT2D eigenvalue weighted by atomic mass is 32.1. The predicted molar refractivity (Wildman–Crippen MR) is 247 cm³/mol. The van der Waals surface area contributed by atoms with Gasteiger partial charge in [-0.05, 0) is 77.9 Å². The number of rotatable bonds is 6. The third kappa shape index (κ3) is 4.99. The first-order valence-corrected chi connectivity index (χ1v) is 20.5. The Bertz CT molecular complexity index is 3480. The Morgan fingerprint density at radius 3 is 1.88 bits per heavy atom. The predicted octanol–water partition coefficient (Wildman–Crippen LogP) is 15.9. The Morgan fingerprint density at radius 1 is 0.431 bits per heavy atom. The number of fused-ring (bicyclic) bond motifs is 9. The average Bonchev–Trinajstić information content (AvgIpc) is 3.97. The molecule has 0 spiro atoms. The summed E-state index contributed by atoms with van der Waals surface area (Å²) in [5, 5.41) is 7.29. The minimum absolute atomic E-state index is 0.892. The number of para-hydroxylation sites is 5. The van der Waals surface area contributed by atoms with E-state index in [0.717, 1.165) is 55.8 Å². The molecule has 272 valence electrons. The molecule has 0 saturated carbocycles. The van der Waals surface area contributed by atoms with Gasteiger partial charge in [0.15, 0.2) is 0 Å². The summed E-state index contributed by atoms with van der Waals surface area (Å²) in [5.41, 5.74) is 13.2. The van der Waals surface area contributed by atoms with E-state index in [2.05, 4.69) is 210 Å². The Hall–Kier alpha value is -7.40. The van der Waals surface area contributed by atoms with Gasteiger partial charge in [0.25, 0.3) is 0 Å². The number of nitrogens with zero attached hydrogens (tertiary/aromatic N) is 2. The van der Waals surface area contributed by atoms with Crippen molar-refractivity contribution < 1.29 is 4.42 Å². The molecule has 58 heavy (non-hydrogen) atoms. The second-order valence-electron chi connectivity index (χ2n) is 14.8. The van der Waals surface area contributed by atoms with Crippen LogP contribution in [0.2, 0.25) is 0 Å². The van der Waals surface area contributed by atoms with E-state index in [1.807, 2.05) is 17.4 Å². The molecule has 0 atom stereocenters. The maximum absolute atomic E-state index is 6.35. The number of anilines is 3. The van der Waals surface area contributed by atoms with Gasteiger partial charge in [0.1, 0.15) is 11.2 Å². The molecule has 0 N–H and O–H groups in total. The van der Waals surface area contributed by atoms with Crippen LogP contribution in [-0.2, 0) is 0 Å². The van der Waals surface area contributed by atoms with Gasteiger partial charge < -0.3 is 13.9 Å². The summed E-state index contributed by atoms with van der Waals surface area (Å²) in [4.78, 5) is 2.44. The minimum Gasteiger partial charge on any atom is -0.456 e. The molecule has 0 fully saturated rings. The Balaban J connectivity index is 1.16. The lowest BCUT2D eigenvalue weighted by atomic mass is 9.96. The number of hydrogen-bond acceptors (Lipinski definition) is 3. The van der Waals surface area contributed by atoms with Gasteiger partial charge in [-0.1, -0.05) is 140 Å². The first-order valence-electron chi connectivity index (χ1n) is 19.7. The zero-order chi connectivity index (χ0) is 38.2. The Kier molecular flexibility index (Phi) is 7.40. The molecular formula is C54H34N2OS. The second kappa shape index (κ2) is 13.1. The fraction of sp³-hybridized carbons (Fsp3) is 0. The van der Waals surface area contributed by atoms with Crippen LogP contribution in [0.15, 0.2) is 211 Å². The van der Waals surface area contributed by atoms with Crippen molar-refractivity contribution in [1.82, 2.24) is 4.57 Å². The Labute approximate surface area is 338 Å². The standard InChI is InChI=1S/C54H34N2OS/c1-2-17-36(18-3-1)55(37-19-14-16-35(34-37)38-25-15-30-50-52(38)44-24-7-12-29-49(44)57-50)48-33-32-42-41-22-8-13-31-51(41)58-54(42)53(48)43-23-6-11-28-47(43)56-45-26-9-4-20-39(45)40-21-5-10-27-46(40)56/h1-34H. The SMILES string of the molecule is c1ccc(N(c2cccc(-c3cccc4oc5ccccc5c34)c2)c2ccc3c(sc4ccccc43)c2-c2ccccc2-n2c3ccccc3c3ccccc32)cc1. The zero-order valence-corrected chi connectivity index (χ0v) is 32.2. The van der Waals surface area contributed by atoms with Gasteiger partial charge in [-0.2, -0.15) is 0 Å². The zero-order valence-electron chi connectivity index (χ0n) is 31.3. The van der Waals surface area contributed by atoms with Gasteiger partial charge in [-0.15, -0.1) is 11.3 Å². The van der Waals surface area contributed by atoms with Crippen molar-refractivity contribution in [2.24, 2.45) is 0 Å². The van der Waals surface area contributed by atoms with E-state index in [1.54, 1.807) is 0 Å². The summed E-state index contributed by atoms with van der Waals surface area (Å²) in [6.45, 7) is 0. The first-order chi connectivity index (χ1) is 28.8. The van der Waals surface area contributed by atoms with Crippen LogP contribution >= 0.6 is 11.3 Å². The van der Waals surface area contributed by atoms with Crippen LogP contribution in [0.1, 0.15) is 0 Å². The average molecular weight is 759 g/mol. The molecule has 4 heteroatoms. The molecule has 0 bridgehead atoms. The summed E-state index contributed by atoms with van der Waals surface area (Å²) in [6, 6.07) is 74.5. The van der Waals surface area contributed by atoms with Crippen LogP contribution in [0.4, 0.5) is 17.1 Å². The molecule has 12 rings (SSSR count). The highest BCUT2D eigenvalue weighted by Crippen LogP contribution is 2.51. The molecule has 0 aliphatic carbocycles. The van der Waals surface area contributed by atoms with E-state index in [1.165, 1.54) is 53.1 Å². The molecule has 0 aliphatic heterocycles. The van der Waals surface area contributed by atoms with E-state index < -0.39 is 0 Å². The van der Waals surface area contributed by atoms with Gasteiger partial charge in [-0.25, -0.2) is 0 Å². The molecule has 3 heterocycles. The third-order valence-corrected chi connectivity index (χ3v) is 12.8. The van der Waals surface area contributed by atoms with Gasteiger partial charge in [0.2, 0.25) is 0 Å². The topological polar surface area (TPSA) is 21.3 Å². The van der Waals surface area contributed by atoms with Crippen LogP contribution in [0, 0.1) is 0 Å². The summed E-state index contributed by atoms with van der Waals surface area (Å²) in [7, 11) is 0. The van der Waals surface area contributed by atoms with Crippen LogP contribution in [0.3, 0.4) is 0 Å². The van der Waals surface area contributed by atoms with Crippen molar-refractivity contribution in [3.8, 4) is 27.9 Å². The van der Waals surface area contributed by atoms with Crippen LogP contribution in [0.5, 0.6) is 0 Å². The molecular weight excluding hydrogens is 725 g/mol. The smallest absolute Gasteiger partial charge is 0.136 e. The minimum atomic E-state index is 0.892. The monoisotopic (exact) mass is 758 g/mol. The third-order valence-electron chi connectivity index (χ3n) is 11.6. The summed E-state index contributed by atoms with van der Waals surface area (Å²) in [6.07, 6.45) is 0. The molecule has 0 saturated heterocycles. The lowest BCUT2D eigenvalue weighted by Gasteiger charge is -2.29. The van der Waals surface area contributed by atoms with E-state index in [-0.39, 0.29) is 0 Å². The van der Waals surface area contributed by atoms with Crippen LogP contribution in [-0.4, -0.2) is 4.57 Å².